The van der Waals surface area contributed by atoms with Gasteiger partial charge in [-0.3, -0.25) is 0 Å². The Balaban J connectivity index is 1.47. The molecule has 0 fully saturated rings. The molecule has 5 heteroatoms. The molecule has 0 bridgehead atoms. The molecule has 0 aliphatic carbocycles. The van der Waals surface area contributed by atoms with Gasteiger partial charge in [-0.25, -0.2) is 0 Å². The molecule has 1 heterocycles. The van der Waals surface area contributed by atoms with Crippen LogP contribution in [0.15, 0.2) is 101 Å². The molecule has 0 atom stereocenters. The maximum absolute atomic E-state index is 9.81. The van der Waals surface area contributed by atoms with Gasteiger partial charge >= 0.3 is 0 Å². The van der Waals surface area contributed by atoms with E-state index in [1.807, 2.05) is 84.9 Å². The van der Waals surface area contributed by atoms with E-state index in [1.165, 1.54) is 12.1 Å². The van der Waals surface area contributed by atoms with Crippen molar-refractivity contribution < 1.29 is 24.1 Å². The summed E-state index contributed by atoms with van der Waals surface area (Å²) in [6.07, 6.45) is 0. The highest BCUT2D eigenvalue weighted by Crippen LogP contribution is 2.37. The molecule has 1 aromatic heterocycles. The van der Waals surface area contributed by atoms with Crippen molar-refractivity contribution in [3.05, 3.63) is 108 Å². The van der Waals surface area contributed by atoms with Gasteiger partial charge in [0.25, 0.3) is 0 Å². The molecule has 0 unspecified atom stereocenters. The molecule has 5 nitrogen and oxygen atoms in total. The maximum atomic E-state index is 9.81. The summed E-state index contributed by atoms with van der Waals surface area (Å²) in [5.41, 5.74) is 3.36. The van der Waals surface area contributed by atoms with Gasteiger partial charge in [-0.1, -0.05) is 60.7 Å². The third-order valence-electron chi connectivity index (χ3n) is 5.27. The van der Waals surface area contributed by atoms with E-state index in [0.717, 1.165) is 16.7 Å². The zero-order chi connectivity index (χ0) is 22.6. The lowest BCUT2D eigenvalue weighted by Crippen LogP contribution is -1.98. The molecular formula is C28H22O5. The van der Waals surface area contributed by atoms with Crippen LogP contribution in [0.5, 0.6) is 23.0 Å². The molecule has 2 N–H and O–H groups in total. The van der Waals surface area contributed by atoms with Crippen molar-refractivity contribution in [3.63, 3.8) is 0 Å². The van der Waals surface area contributed by atoms with Crippen LogP contribution in [0, 0.1) is 0 Å². The highest BCUT2D eigenvalue weighted by Gasteiger charge is 2.13. The maximum Gasteiger partial charge on any atom is 0.161 e. The summed E-state index contributed by atoms with van der Waals surface area (Å²) in [5.74, 6) is 1.44. The summed E-state index contributed by atoms with van der Waals surface area (Å²) in [6.45, 7) is 0.842. The second kappa shape index (κ2) is 9.01. The first-order valence-electron chi connectivity index (χ1n) is 10.6. The molecule has 0 spiro atoms. The summed E-state index contributed by atoms with van der Waals surface area (Å²) in [6, 6.07) is 30.2. The lowest BCUT2D eigenvalue weighted by Gasteiger charge is -2.12. The lowest BCUT2D eigenvalue weighted by atomic mass is 10.1. The zero-order valence-corrected chi connectivity index (χ0v) is 17.8. The second-order valence-corrected chi connectivity index (χ2v) is 7.73. The number of hydrogen-bond acceptors (Lipinski definition) is 5. The Kier molecular flexibility index (Phi) is 5.60. The highest BCUT2D eigenvalue weighted by atomic mass is 16.5. The smallest absolute Gasteiger partial charge is 0.161 e. The number of rotatable bonds is 7. The van der Waals surface area contributed by atoms with Gasteiger partial charge in [-0.05, 0) is 35.4 Å². The summed E-state index contributed by atoms with van der Waals surface area (Å²) >= 11 is 0. The Morgan fingerprint density at radius 2 is 1.15 bits per heavy atom. The number of benzene rings is 4. The van der Waals surface area contributed by atoms with Crippen molar-refractivity contribution in [1.29, 1.82) is 0 Å². The fraction of sp³-hybridized carbons (Fsp3) is 0.0714. The van der Waals surface area contributed by atoms with Crippen LogP contribution in [-0.2, 0) is 13.2 Å². The standard InChI is InChI=1S/C28H22O5/c29-25-13-22-14-27(33-28(22)16-26(25)30)21-11-23(31-17-19-7-3-1-4-8-19)15-24(12-21)32-18-20-9-5-2-6-10-20/h1-16,29-30H,17-18H2. The molecule has 0 aliphatic heterocycles. The van der Waals surface area contributed by atoms with E-state index in [1.54, 1.807) is 0 Å². The van der Waals surface area contributed by atoms with Crippen molar-refractivity contribution in [2.75, 3.05) is 0 Å². The van der Waals surface area contributed by atoms with Gasteiger partial charge in [0.15, 0.2) is 11.5 Å². The molecule has 0 saturated heterocycles. The van der Waals surface area contributed by atoms with E-state index in [-0.39, 0.29) is 11.5 Å². The summed E-state index contributed by atoms with van der Waals surface area (Å²) in [4.78, 5) is 0. The molecule has 4 aromatic carbocycles. The largest absolute Gasteiger partial charge is 0.504 e. The van der Waals surface area contributed by atoms with E-state index < -0.39 is 0 Å². The Bertz CT molecular complexity index is 1270. The molecule has 0 aliphatic rings. The predicted octanol–water partition coefficient (Wildman–Crippen LogP) is 6.67. The van der Waals surface area contributed by atoms with Gasteiger partial charge in [0.1, 0.15) is 36.1 Å². The van der Waals surface area contributed by atoms with Crippen molar-refractivity contribution in [2.24, 2.45) is 0 Å². The van der Waals surface area contributed by atoms with Crippen molar-refractivity contribution >= 4 is 11.0 Å². The second-order valence-electron chi connectivity index (χ2n) is 7.73. The van der Waals surface area contributed by atoms with Crippen LogP contribution in [0.25, 0.3) is 22.3 Å². The van der Waals surface area contributed by atoms with Gasteiger partial charge in [0.05, 0.1) is 0 Å². The van der Waals surface area contributed by atoms with Gasteiger partial charge in [-0.2, -0.15) is 0 Å². The minimum absolute atomic E-state index is 0.193. The van der Waals surface area contributed by atoms with E-state index in [4.69, 9.17) is 13.9 Å². The number of fused-ring (bicyclic) bond motifs is 1. The van der Waals surface area contributed by atoms with Crippen LogP contribution in [0.3, 0.4) is 0 Å². The quantitative estimate of drug-likeness (QED) is 0.278. The topological polar surface area (TPSA) is 72.1 Å². The fourth-order valence-electron chi connectivity index (χ4n) is 3.57. The third kappa shape index (κ3) is 4.77. The van der Waals surface area contributed by atoms with E-state index in [0.29, 0.717) is 41.4 Å². The number of hydrogen-bond donors (Lipinski definition) is 2. The number of phenolic OH excluding ortho intramolecular Hbond substituents is 2. The monoisotopic (exact) mass is 438 g/mol. The summed E-state index contributed by atoms with van der Waals surface area (Å²) in [7, 11) is 0. The normalized spacial score (nSPS) is 10.9. The Labute approximate surface area is 191 Å². The number of ether oxygens (including phenoxy) is 2. The average molecular weight is 438 g/mol. The van der Waals surface area contributed by atoms with E-state index in [2.05, 4.69) is 0 Å². The molecule has 0 amide bonds. The number of phenols is 2. The predicted molar refractivity (Wildman–Crippen MR) is 127 cm³/mol. The van der Waals surface area contributed by atoms with E-state index >= 15 is 0 Å². The first-order valence-corrected chi connectivity index (χ1v) is 10.6. The zero-order valence-electron chi connectivity index (χ0n) is 17.8. The molecule has 0 saturated carbocycles. The van der Waals surface area contributed by atoms with Gasteiger partial charge in [0, 0.05) is 23.1 Å². The van der Waals surface area contributed by atoms with Crippen LogP contribution < -0.4 is 9.47 Å². The van der Waals surface area contributed by atoms with E-state index in [9.17, 15) is 10.2 Å². The number of aromatic hydroxyl groups is 2. The van der Waals surface area contributed by atoms with Crippen LogP contribution >= 0.6 is 0 Å². The molecule has 0 radical (unpaired) electrons. The summed E-state index contributed by atoms with van der Waals surface area (Å²) < 4.78 is 18.1. The minimum atomic E-state index is -0.227. The first-order chi connectivity index (χ1) is 16.1. The summed E-state index contributed by atoms with van der Waals surface area (Å²) in [5, 5.41) is 20.3. The first kappa shape index (κ1) is 20.5. The molecule has 5 rings (SSSR count). The van der Waals surface area contributed by atoms with Crippen LogP contribution in [0.2, 0.25) is 0 Å². The average Bonchev–Trinajstić information content (AvgIpc) is 3.26. The molecule has 5 aromatic rings. The SMILES string of the molecule is Oc1cc2cc(-c3cc(OCc4ccccc4)cc(OCc4ccccc4)c3)oc2cc1O. The lowest BCUT2D eigenvalue weighted by molar-refractivity contribution is 0.290. The third-order valence-corrected chi connectivity index (χ3v) is 5.27. The molecule has 164 valence electrons. The van der Waals surface area contributed by atoms with Crippen LogP contribution in [0.4, 0.5) is 0 Å². The highest BCUT2D eigenvalue weighted by molar-refractivity contribution is 5.86. The fourth-order valence-corrected chi connectivity index (χ4v) is 3.57. The van der Waals surface area contributed by atoms with Crippen LogP contribution in [-0.4, -0.2) is 10.2 Å². The molecule has 33 heavy (non-hydrogen) atoms. The van der Waals surface area contributed by atoms with Gasteiger partial charge < -0.3 is 24.1 Å². The van der Waals surface area contributed by atoms with Crippen molar-refractivity contribution in [3.8, 4) is 34.3 Å². The molecular weight excluding hydrogens is 416 g/mol. The number of furan rings is 1. The Hall–Kier alpha value is -4.38. The minimum Gasteiger partial charge on any atom is -0.504 e. The Morgan fingerprint density at radius 3 is 1.73 bits per heavy atom. The van der Waals surface area contributed by atoms with Crippen LogP contribution in [0.1, 0.15) is 11.1 Å². The van der Waals surface area contributed by atoms with Crippen molar-refractivity contribution in [2.45, 2.75) is 13.2 Å². The van der Waals surface area contributed by atoms with Crippen molar-refractivity contribution in [1.82, 2.24) is 0 Å². The van der Waals surface area contributed by atoms with Gasteiger partial charge in [-0.15, -0.1) is 0 Å². The Morgan fingerprint density at radius 1 is 0.606 bits per heavy atom. The van der Waals surface area contributed by atoms with Gasteiger partial charge in [0.2, 0.25) is 0 Å².